The topological polar surface area (TPSA) is 84.4 Å². The number of hydrogen-bond donors (Lipinski definition) is 1. The largest absolute Gasteiger partial charge is 0.495 e. The number of amides is 2. The number of nitrogens with zero attached hydrogens (tertiary/aromatic N) is 3. The summed E-state index contributed by atoms with van der Waals surface area (Å²) in [6.07, 6.45) is 4.29. The molecule has 4 rings (SSSR count). The number of aromatic nitrogens is 2. The first-order chi connectivity index (χ1) is 15.6. The fourth-order valence-corrected chi connectivity index (χ4v) is 4.00. The second-order valence-electron chi connectivity index (χ2n) is 7.76. The minimum absolute atomic E-state index is 0.0189. The van der Waals surface area contributed by atoms with Gasteiger partial charge in [-0.3, -0.25) is 9.59 Å². The van der Waals surface area contributed by atoms with Crippen LogP contribution in [0.2, 0.25) is 0 Å². The number of carbonyl (C=O) groups excluding carboxylic acids is 2. The molecular weight excluding hydrogens is 404 g/mol. The van der Waals surface area contributed by atoms with Gasteiger partial charge in [0.25, 0.3) is 11.8 Å². The van der Waals surface area contributed by atoms with Gasteiger partial charge in [0.1, 0.15) is 5.75 Å². The third-order valence-corrected chi connectivity index (χ3v) is 5.68. The molecule has 164 valence electrons. The van der Waals surface area contributed by atoms with Crippen molar-refractivity contribution in [3.63, 3.8) is 0 Å². The molecule has 1 atom stereocenters. The van der Waals surface area contributed by atoms with E-state index in [9.17, 15) is 9.59 Å². The van der Waals surface area contributed by atoms with Gasteiger partial charge in [-0.15, -0.1) is 0 Å². The van der Waals surface area contributed by atoms with Crippen LogP contribution in [-0.2, 0) is 0 Å². The fraction of sp³-hybridized carbons (Fsp3) is 0.280. The quantitative estimate of drug-likeness (QED) is 0.648. The summed E-state index contributed by atoms with van der Waals surface area (Å²) in [6.45, 7) is 2.45. The van der Waals surface area contributed by atoms with Gasteiger partial charge in [-0.25, -0.2) is 9.97 Å². The van der Waals surface area contributed by atoms with Crippen LogP contribution >= 0.6 is 0 Å². The van der Waals surface area contributed by atoms with Gasteiger partial charge in [-0.1, -0.05) is 30.3 Å². The highest BCUT2D eigenvalue weighted by Crippen LogP contribution is 2.31. The summed E-state index contributed by atoms with van der Waals surface area (Å²) in [5.41, 5.74) is 2.19. The molecule has 0 radical (unpaired) electrons. The minimum atomic E-state index is -0.306. The van der Waals surface area contributed by atoms with E-state index in [4.69, 9.17) is 4.74 Å². The number of rotatable bonds is 5. The number of likely N-dealkylation sites (tertiary alicyclic amines) is 1. The van der Waals surface area contributed by atoms with E-state index in [1.54, 1.807) is 32.4 Å². The molecule has 0 unspecified atom stereocenters. The van der Waals surface area contributed by atoms with Crippen LogP contribution in [0.4, 0.5) is 5.69 Å². The molecule has 0 aliphatic carbocycles. The molecule has 2 heterocycles. The van der Waals surface area contributed by atoms with Crippen molar-refractivity contribution in [3.8, 4) is 5.75 Å². The van der Waals surface area contributed by atoms with Crippen molar-refractivity contribution in [2.45, 2.75) is 32.2 Å². The zero-order valence-corrected chi connectivity index (χ0v) is 18.2. The Bertz CT molecular complexity index is 1120. The molecule has 1 saturated heterocycles. The van der Waals surface area contributed by atoms with E-state index in [1.165, 1.54) is 0 Å². The van der Waals surface area contributed by atoms with E-state index in [2.05, 4.69) is 15.3 Å². The molecule has 2 aromatic carbocycles. The number of methoxy groups -OCH3 is 1. The number of piperidine rings is 1. The Hall–Kier alpha value is -3.74. The summed E-state index contributed by atoms with van der Waals surface area (Å²) in [7, 11) is 1.56. The highest BCUT2D eigenvalue weighted by molar-refractivity contribution is 6.05. The number of anilines is 1. The first-order valence-corrected chi connectivity index (χ1v) is 10.7. The third-order valence-electron chi connectivity index (χ3n) is 5.68. The van der Waals surface area contributed by atoms with Gasteiger partial charge < -0.3 is 15.0 Å². The van der Waals surface area contributed by atoms with Crippen molar-refractivity contribution in [2.24, 2.45) is 0 Å². The van der Waals surface area contributed by atoms with Crippen molar-refractivity contribution < 1.29 is 14.3 Å². The molecule has 0 bridgehead atoms. The lowest BCUT2D eigenvalue weighted by Gasteiger charge is -2.35. The van der Waals surface area contributed by atoms with E-state index in [-0.39, 0.29) is 17.9 Å². The molecule has 7 heteroatoms. The van der Waals surface area contributed by atoms with Crippen LogP contribution < -0.4 is 10.1 Å². The van der Waals surface area contributed by atoms with Crippen LogP contribution in [0.25, 0.3) is 0 Å². The predicted molar refractivity (Wildman–Crippen MR) is 122 cm³/mol. The van der Waals surface area contributed by atoms with Gasteiger partial charge in [0.05, 0.1) is 30.1 Å². The van der Waals surface area contributed by atoms with Gasteiger partial charge in [-0.2, -0.15) is 0 Å². The number of carbonyl (C=O) groups is 2. The van der Waals surface area contributed by atoms with E-state index < -0.39 is 0 Å². The van der Waals surface area contributed by atoms with E-state index in [0.29, 0.717) is 40.6 Å². The van der Waals surface area contributed by atoms with Crippen LogP contribution in [-0.4, -0.2) is 40.3 Å². The number of benzene rings is 2. The zero-order valence-electron chi connectivity index (χ0n) is 18.2. The molecular formula is C25H26N4O3. The molecule has 2 amide bonds. The van der Waals surface area contributed by atoms with Crippen molar-refractivity contribution in [1.29, 1.82) is 0 Å². The van der Waals surface area contributed by atoms with Crippen LogP contribution in [0.3, 0.4) is 0 Å². The number of hydrogen-bond acceptors (Lipinski definition) is 5. The molecule has 0 saturated carbocycles. The molecule has 7 nitrogen and oxygen atoms in total. The van der Waals surface area contributed by atoms with E-state index in [0.717, 1.165) is 19.3 Å². The van der Waals surface area contributed by atoms with Crippen molar-refractivity contribution >= 4 is 17.5 Å². The molecule has 3 aromatic rings. The number of para-hydroxylation sites is 2. The average molecular weight is 431 g/mol. The van der Waals surface area contributed by atoms with Crippen molar-refractivity contribution in [1.82, 2.24) is 14.9 Å². The maximum atomic E-state index is 13.1. The number of ether oxygens (including phenoxy) is 1. The summed E-state index contributed by atoms with van der Waals surface area (Å²) in [6, 6.07) is 16.3. The molecule has 0 spiro atoms. The summed E-state index contributed by atoms with van der Waals surface area (Å²) in [5, 5.41) is 2.86. The summed E-state index contributed by atoms with van der Waals surface area (Å²) in [5.74, 6) is 0.822. The lowest BCUT2D eigenvalue weighted by molar-refractivity contribution is 0.0599. The SMILES string of the molecule is COc1ccccc1NC(=O)c1cnc([C@@H]2CCCCN2C(=O)c2ccccc2)nc1C. The predicted octanol–water partition coefficient (Wildman–Crippen LogP) is 4.41. The van der Waals surface area contributed by atoms with Crippen molar-refractivity contribution in [2.75, 3.05) is 19.0 Å². The van der Waals surface area contributed by atoms with E-state index >= 15 is 0 Å². The van der Waals surface area contributed by atoms with Gasteiger partial charge >= 0.3 is 0 Å². The molecule has 32 heavy (non-hydrogen) atoms. The maximum Gasteiger partial charge on any atom is 0.259 e. The second-order valence-corrected chi connectivity index (χ2v) is 7.76. The lowest BCUT2D eigenvalue weighted by Crippen LogP contribution is -2.39. The molecule has 1 fully saturated rings. The van der Waals surface area contributed by atoms with E-state index in [1.807, 2.05) is 47.4 Å². The maximum absolute atomic E-state index is 13.1. The average Bonchev–Trinajstić information content (AvgIpc) is 2.84. The Morgan fingerprint density at radius 1 is 1.06 bits per heavy atom. The molecule has 1 aliphatic heterocycles. The first-order valence-electron chi connectivity index (χ1n) is 10.7. The Balaban J connectivity index is 1.56. The van der Waals surface area contributed by atoms with Crippen LogP contribution in [0.5, 0.6) is 5.75 Å². The van der Waals surface area contributed by atoms with Crippen LogP contribution in [0.15, 0.2) is 60.8 Å². The summed E-state index contributed by atoms with van der Waals surface area (Å²) in [4.78, 5) is 36.9. The molecule has 1 aliphatic rings. The zero-order chi connectivity index (χ0) is 22.5. The minimum Gasteiger partial charge on any atom is -0.495 e. The normalized spacial score (nSPS) is 15.8. The lowest BCUT2D eigenvalue weighted by atomic mass is 9.99. The van der Waals surface area contributed by atoms with Gasteiger partial charge in [0.15, 0.2) is 5.82 Å². The molecule has 1 aromatic heterocycles. The Morgan fingerprint density at radius 3 is 2.56 bits per heavy atom. The summed E-state index contributed by atoms with van der Waals surface area (Å²) < 4.78 is 5.30. The standard InChI is InChI=1S/C25H26N4O3/c1-17-19(24(30)28-20-12-6-7-14-22(20)32-2)16-26-23(27-17)21-13-8-9-15-29(21)25(31)18-10-4-3-5-11-18/h3-7,10-12,14,16,21H,8-9,13,15H2,1-2H3,(H,28,30)/t21-/m0/s1. The van der Waals surface area contributed by atoms with Gasteiger partial charge in [0.2, 0.25) is 0 Å². The van der Waals surface area contributed by atoms with Crippen LogP contribution in [0.1, 0.15) is 57.5 Å². The highest BCUT2D eigenvalue weighted by Gasteiger charge is 2.31. The third kappa shape index (κ3) is 4.46. The van der Waals surface area contributed by atoms with Gasteiger partial charge in [0, 0.05) is 18.3 Å². The first kappa shape index (κ1) is 21.5. The number of nitrogens with one attached hydrogen (secondary N) is 1. The Labute approximate surface area is 187 Å². The highest BCUT2D eigenvalue weighted by atomic mass is 16.5. The second kappa shape index (κ2) is 9.60. The smallest absolute Gasteiger partial charge is 0.259 e. The Kier molecular flexibility index (Phi) is 6.44. The fourth-order valence-electron chi connectivity index (χ4n) is 4.00. The monoisotopic (exact) mass is 430 g/mol. The van der Waals surface area contributed by atoms with Crippen LogP contribution in [0, 0.1) is 6.92 Å². The van der Waals surface area contributed by atoms with Gasteiger partial charge in [-0.05, 0) is 50.5 Å². The Morgan fingerprint density at radius 2 is 1.81 bits per heavy atom. The number of aryl methyl sites for hydroxylation is 1. The van der Waals surface area contributed by atoms with Crippen molar-refractivity contribution in [3.05, 3.63) is 83.4 Å². The molecule has 1 N–H and O–H groups in total. The summed E-state index contributed by atoms with van der Waals surface area (Å²) >= 11 is 0.